The Kier molecular flexibility index (Phi) is 6.06. The number of ether oxygens (including phenoxy) is 3. The summed E-state index contributed by atoms with van der Waals surface area (Å²) in [5.74, 6) is 1.78. The molecule has 0 spiro atoms. The van der Waals surface area contributed by atoms with Gasteiger partial charge in [-0.15, -0.1) is 0 Å². The lowest BCUT2D eigenvalue weighted by atomic mass is 9.98. The Morgan fingerprint density at radius 1 is 1.00 bits per heavy atom. The lowest BCUT2D eigenvalue weighted by Gasteiger charge is -2.11. The van der Waals surface area contributed by atoms with Crippen molar-refractivity contribution >= 4 is 17.5 Å². The Balaban J connectivity index is 2.45. The molecular formula is C20H23NO4. The Bertz CT molecular complexity index is 796. The minimum atomic E-state index is -0.0781. The fraction of sp³-hybridized carbons (Fsp3) is 0.250. The molecule has 0 bridgehead atoms. The van der Waals surface area contributed by atoms with E-state index >= 15 is 0 Å². The van der Waals surface area contributed by atoms with E-state index in [1.165, 1.54) is 7.11 Å². The molecule has 0 amide bonds. The van der Waals surface area contributed by atoms with Crippen molar-refractivity contribution in [3.8, 4) is 17.2 Å². The SMILES string of the molecule is CC/C(=C\c1cc(OC)ccc1OC)C(=O)c1ccc(N)c(OC)c1. The van der Waals surface area contributed by atoms with E-state index in [1.807, 2.05) is 31.2 Å². The van der Waals surface area contributed by atoms with E-state index in [-0.39, 0.29) is 5.78 Å². The summed E-state index contributed by atoms with van der Waals surface area (Å²) in [4.78, 5) is 12.9. The molecule has 0 unspecified atom stereocenters. The van der Waals surface area contributed by atoms with Crippen LogP contribution in [0.1, 0.15) is 29.3 Å². The van der Waals surface area contributed by atoms with Crippen LogP contribution in [0.25, 0.3) is 6.08 Å². The molecule has 2 aromatic carbocycles. The van der Waals surface area contributed by atoms with E-state index in [1.54, 1.807) is 32.4 Å². The number of benzene rings is 2. The summed E-state index contributed by atoms with van der Waals surface area (Å²) in [7, 11) is 4.72. The minimum Gasteiger partial charge on any atom is -0.497 e. The Hall–Kier alpha value is -2.95. The number of hydrogen-bond donors (Lipinski definition) is 1. The fourth-order valence-electron chi connectivity index (χ4n) is 2.51. The summed E-state index contributed by atoms with van der Waals surface area (Å²) in [6, 6.07) is 10.5. The van der Waals surface area contributed by atoms with E-state index in [0.717, 1.165) is 5.56 Å². The molecule has 2 N–H and O–H groups in total. The van der Waals surface area contributed by atoms with Crippen molar-refractivity contribution in [2.75, 3.05) is 27.1 Å². The maximum absolute atomic E-state index is 12.9. The van der Waals surface area contributed by atoms with E-state index in [0.29, 0.717) is 40.5 Å². The molecule has 5 heteroatoms. The number of allylic oxidation sites excluding steroid dienone is 1. The zero-order valence-electron chi connectivity index (χ0n) is 15.0. The Morgan fingerprint density at radius 2 is 1.72 bits per heavy atom. The van der Waals surface area contributed by atoms with E-state index in [9.17, 15) is 4.79 Å². The minimum absolute atomic E-state index is 0.0781. The third-order valence-electron chi connectivity index (χ3n) is 3.93. The molecule has 0 atom stereocenters. The Morgan fingerprint density at radius 3 is 2.32 bits per heavy atom. The van der Waals surface area contributed by atoms with Gasteiger partial charge in [-0.25, -0.2) is 0 Å². The zero-order chi connectivity index (χ0) is 18.4. The molecule has 0 saturated heterocycles. The van der Waals surface area contributed by atoms with Gasteiger partial charge in [0.1, 0.15) is 17.2 Å². The van der Waals surface area contributed by atoms with E-state index in [2.05, 4.69) is 0 Å². The van der Waals surface area contributed by atoms with Gasteiger partial charge in [0.15, 0.2) is 5.78 Å². The molecule has 0 aliphatic heterocycles. The van der Waals surface area contributed by atoms with Gasteiger partial charge in [0.2, 0.25) is 0 Å². The summed E-state index contributed by atoms with van der Waals surface area (Å²) in [5.41, 5.74) is 8.28. The van der Waals surface area contributed by atoms with Crippen LogP contribution in [0.15, 0.2) is 42.0 Å². The van der Waals surface area contributed by atoms with Gasteiger partial charge >= 0.3 is 0 Å². The maximum atomic E-state index is 12.9. The first-order chi connectivity index (χ1) is 12.0. The van der Waals surface area contributed by atoms with Crippen LogP contribution in [0.5, 0.6) is 17.2 Å². The predicted octanol–water partition coefficient (Wildman–Crippen LogP) is 3.97. The summed E-state index contributed by atoms with van der Waals surface area (Å²) in [6.07, 6.45) is 2.40. The lowest BCUT2D eigenvalue weighted by Crippen LogP contribution is -2.04. The number of carbonyl (C=O) groups is 1. The van der Waals surface area contributed by atoms with Crippen molar-refractivity contribution < 1.29 is 19.0 Å². The standard InChI is InChI=1S/C20H23NO4/c1-5-13(10-15-11-16(23-2)7-9-18(15)24-3)20(22)14-6-8-17(21)19(12-14)25-4/h6-12H,5,21H2,1-4H3/b13-10+. The van der Waals surface area contributed by atoms with Crippen LogP contribution in [-0.4, -0.2) is 27.1 Å². The van der Waals surface area contributed by atoms with Crippen molar-refractivity contribution in [3.63, 3.8) is 0 Å². The summed E-state index contributed by atoms with van der Waals surface area (Å²) in [5, 5.41) is 0. The van der Waals surface area contributed by atoms with E-state index in [4.69, 9.17) is 19.9 Å². The summed E-state index contributed by atoms with van der Waals surface area (Å²) in [6.45, 7) is 1.94. The van der Waals surface area contributed by atoms with Crippen LogP contribution >= 0.6 is 0 Å². The topological polar surface area (TPSA) is 70.8 Å². The monoisotopic (exact) mass is 341 g/mol. The number of nitrogens with two attached hydrogens (primary N) is 1. The molecule has 2 rings (SSSR count). The number of hydrogen-bond acceptors (Lipinski definition) is 5. The van der Waals surface area contributed by atoms with Gasteiger partial charge < -0.3 is 19.9 Å². The van der Waals surface area contributed by atoms with Crippen molar-refractivity contribution in [2.45, 2.75) is 13.3 Å². The normalized spacial score (nSPS) is 11.1. The molecule has 25 heavy (non-hydrogen) atoms. The van der Waals surface area contributed by atoms with Crippen LogP contribution in [0.2, 0.25) is 0 Å². The zero-order valence-corrected chi connectivity index (χ0v) is 15.0. The first kappa shape index (κ1) is 18.4. The van der Waals surface area contributed by atoms with Gasteiger partial charge in [-0.2, -0.15) is 0 Å². The van der Waals surface area contributed by atoms with Crippen LogP contribution in [0.4, 0.5) is 5.69 Å². The maximum Gasteiger partial charge on any atom is 0.189 e. The molecule has 0 aliphatic carbocycles. The second kappa shape index (κ2) is 8.24. The lowest BCUT2D eigenvalue weighted by molar-refractivity contribution is 0.103. The molecular weight excluding hydrogens is 318 g/mol. The number of nitrogen functional groups attached to an aromatic ring is 1. The Labute approximate surface area is 148 Å². The molecule has 5 nitrogen and oxygen atoms in total. The second-order valence-corrected chi connectivity index (χ2v) is 5.42. The first-order valence-corrected chi connectivity index (χ1v) is 7.94. The molecule has 0 fully saturated rings. The quantitative estimate of drug-likeness (QED) is 0.469. The highest BCUT2D eigenvalue weighted by Gasteiger charge is 2.14. The molecule has 0 saturated carbocycles. The van der Waals surface area contributed by atoms with Crippen LogP contribution in [0.3, 0.4) is 0 Å². The highest BCUT2D eigenvalue weighted by atomic mass is 16.5. The predicted molar refractivity (Wildman–Crippen MR) is 99.6 cm³/mol. The highest BCUT2D eigenvalue weighted by molar-refractivity contribution is 6.11. The molecule has 0 aliphatic rings. The number of methoxy groups -OCH3 is 3. The van der Waals surface area contributed by atoms with Crippen molar-refractivity contribution in [3.05, 3.63) is 53.1 Å². The highest BCUT2D eigenvalue weighted by Crippen LogP contribution is 2.29. The second-order valence-electron chi connectivity index (χ2n) is 5.42. The first-order valence-electron chi connectivity index (χ1n) is 7.94. The van der Waals surface area contributed by atoms with Gasteiger partial charge in [-0.3, -0.25) is 4.79 Å². The summed E-state index contributed by atoms with van der Waals surface area (Å²) >= 11 is 0. The van der Waals surface area contributed by atoms with Crippen molar-refractivity contribution in [2.24, 2.45) is 0 Å². The number of Topliss-reactive ketones (excluding diaryl/α,β-unsaturated/α-hetero) is 1. The average molecular weight is 341 g/mol. The van der Waals surface area contributed by atoms with Crippen LogP contribution < -0.4 is 19.9 Å². The van der Waals surface area contributed by atoms with Crippen molar-refractivity contribution in [1.29, 1.82) is 0 Å². The number of ketones is 1. The molecule has 0 radical (unpaired) electrons. The van der Waals surface area contributed by atoms with Gasteiger partial charge in [0, 0.05) is 16.7 Å². The summed E-state index contributed by atoms with van der Waals surface area (Å²) < 4.78 is 15.8. The third kappa shape index (κ3) is 4.12. The van der Waals surface area contributed by atoms with Gasteiger partial charge in [-0.05, 0) is 48.9 Å². The molecule has 0 aromatic heterocycles. The number of carbonyl (C=O) groups excluding carboxylic acids is 1. The number of anilines is 1. The van der Waals surface area contributed by atoms with Gasteiger partial charge in [0.05, 0.1) is 27.0 Å². The average Bonchev–Trinajstić information content (AvgIpc) is 2.65. The third-order valence-corrected chi connectivity index (χ3v) is 3.93. The molecule has 0 heterocycles. The molecule has 2 aromatic rings. The van der Waals surface area contributed by atoms with Gasteiger partial charge in [-0.1, -0.05) is 6.92 Å². The van der Waals surface area contributed by atoms with Crippen LogP contribution in [-0.2, 0) is 0 Å². The van der Waals surface area contributed by atoms with E-state index < -0.39 is 0 Å². The van der Waals surface area contributed by atoms with Crippen molar-refractivity contribution in [1.82, 2.24) is 0 Å². The van der Waals surface area contributed by atoms with Gasteiger partial charge in [0.25, 0.3) is 0 Å². The number of rotatable bonds is 7. The smallest absolute Gasteiger partial charge is 0.189 e. The fourth-order valence-corrected chi connectivity index (χ4v) is 2.51. The molecule has 132 valence electrons. The largest absolute Gasteiger partial charge is 0.497 e. The van der Waals surface area contributed by atoms with Crippen LogP contribution in [0, 0.1) is 0 Å².